The van der Waals surface area contributed by atoms with Gasteiger partial charge in [0, 0.05) is 29.6 Å². The van der Waals surface area contributed by atoms with Crippen molar-refractivity contribution in [1.29, 1.82) is 0 Å². The molecule has 2 atom stereocenters. The van der Waals surface area contributed by atoms with Gasteiger partial charge in [-0.1, -0.05) is 60.2 Å². The van der Waals surface area contributed by atoms with Crippen LogP contribution < -0.4 is 21.1 Å². The lowest BCUT2D eigenvalue weighted by Gasteiger charge is -2.21. The third-order valence-corrected chi connectivity index (χ3v) is 6.17. The molecule has 0 aliphatic rings. The number of benzene rings is 3. The van der Waals surface area contributed by atoms with E-state index in [1.54, 1.807) is 7.11 Å². The van der Waals surface area contributed by atoms with Gasteiger partial charge in [0.1, 0.15) is 5.75 Å². The lowest BCUT2D eigenvalue weighted by Crippen LogP contribution is -2.37. The smallest absolute Gasteiger partial charge is 0.312 e. The van der Waals surface area contributed by atoms with Gasteiger partial charge in [-0.3, -0.25) is 4.79 Å². The molecule has 0 saturated heterocycles. The topological polar surface area (TPSA) is 109 Å². The Bertz CT molecular complexity index is 1310. The second-order valence-electron chi connectivity index (χ2n) is 8.60. The number of fused-ring (bicyclic) bond motifs is 1. The summed E-state index contributed by atoms with van der Waals surface area (Å²) < 4.78 is 5.31. The highest BCUT2D eigenvalue weighted by Gasteiger charge is 2.22. The summed E-state index contributed by atoms with van der Waals surface area (Å²) in [5.74, 6) is 0.514. The highest BCUT2D eigenvalue weighted by molar-refractivity contribution is 5.84. The summed E-state index contributed by atoms with van der Waals surface area (Å²) in [5, 5.41) is 6.88. The first kappa shape index (κ1) is 23.9. The number of para-hydroxylation sites is 1. The molecule has 1 heterocycles. The molecule has 180 valence electrons. The number of H-pyrrole nitrogens is 1. The molecular formula is C28H30N4O3. The Kier molecular flexibility index (Phi) is 7.35. The van der Waals surface area contributed by atoms with Crippen LogP contribution in [0.4, 0.5) is 4.79 Å². The van der Waals surface area contributed by atoms with Crippen molar-refractivity contribution >= 4 is 22.8 Å². The quantitative estimate of drug-likeness (QED) is 0.288. The first-order chi connectivity index (χ1) is 16.9. The van der Waals surface area contributed by atoms with Crippen molar-refractivity contribution < 1.29 is 14.3 Å². The van der Waals surface area contributed by atoms with E-state index in [-0.39, 0.29) is 18.2 Å². The number of nitrogens with one attached hydrogen (secondary N) is 3. The van der Waals surface area contributed by atoms with Gasteiger partial charge >= 0.3 is 6.03 Å². The average Bonchev–Trinajstić information content (AvgIpc) is 3.28. The fourth-order valence-corrected chi connectivity index (χ4v) is 4.41. The summed E-state index contributed by atoms with van der Waals surface area (Å²) in [6, 6.07) is 22.5. The van der Waals surface area contributed by atoms with Gasteiger partial charge in [0.05, 0.1) is 19.6 Å². The van der Waals surface area contributed by atoms with E-state index in [0.29, 0.717) is 6.54 Å². The number of rotatable bonds is 9. The van der Waals surface area contributed by atoms with E-state index in [9.17, 15) is 9.59 Å². The highest BCUT2D eigenvalue weighted by Crippen LogP contribution is 2.31. The minimum atomic E-state index is -0.667. The molecule has 7 nitrogen and oxygen atoms in total. The molecule has 0 bridgehead atoms. The Balaban J connectivity index is 1.55. The van der Waals surface area contributed by atoms with E-state index in [1.165, 1.54) is 0 Å². The summed E-state index contributed by atoms with van der Waals surface area (Å²) in [6.07, 6.45) is 2.07. The molecule has 0 unspecified atom stereocenters. The molecule has 35 heavy (non-hydrogen) atoms. The van der Waals surface area contributed by atoms with Crippen LogP contribution in [0.5, 0.6) is 5.75 Å². The number of methoxy groups -OCH3 is 1. The first-order valence-electron chi connectivity index (χ1n) is 11.5. The van der Waals surface area contributed by atoms with Crippen LogP contribution in [-0.2, 0) is 4.79 Å². The van der Waals surface area contributed by atoms with E-state index in [2.05, 4.69) is 21.7 Å². The van der Waals surface area contributed by atoms with Gasteiger partial charge in [0.25, 0.3) is 0 Å². The van der Waals surface area contributed by atoms with Crippen molar-refractivity contribution in [3.63, 3.8) is 0 Å². The standard InChI is InChI=1S/C28H30N4O3/c1-18-6-5-7-20(14-18)26(32-28(29)34)15-27(33)31-16-23(19-10-12-21(35-2)13-11-19)24-17-30-25-9-4-3-8-22(24)25/h3-14,17,23,26,30H,15-16H2,1-2H3,(H,31,33)(H3,29,32,34)/t23-,26-/m1/s1. The lowest BCUT2D eigenvalue weighted by atomic mass is 9.90. The SMILES string of the molecule is COc1ccc([C@@H](CNC(=O)C[C@@H](NC(N)=O)c2cccc(C)c2)c2c[nH]c3ccccc23)cc1. The number of carbonyl (C=O) groups is 2. The van der Waals surface area contributed by atoms with Gasteiger partial charge < -0.3 is 26.1 Å². The summed E-state index contributed by atoms with van der Waals surface area (Å²) in [6.45, 7) is 2.36. The van der Waals surface area contributed by atoms with Crippen molar-refractivity contribution in [2.24, 2.45) is 5.73 Å². The van der Waals surface area contributed by atoms with E-state index >= 15 is 0 Å². The molecule has 5 N–H and O–H groups in total. The van der Waals surface area contributed by atoms with E-state index < -0.39 is 12.1 Å². The highest BCUT2D eigenvalue weighted by atomic mass is 16.5. The number of nitrogens with two attached hydrogens (primary N) is 1. The molecule has 0 aliphatic heterocycles. The summed E-state index contributed by atoms with van der Waals surface area (Å²) in [4.78, 5) is 28.0. The Morgan fingerprint density at radius 1 is 1.00 bits per heavy atom. The number of aromatic amines is 1. The number of urea groups is 1. The molecule has 0 fully saturated rings. The molecule has 0 saturated carbocycles. The molecule has 4 rings (SSSR count). The van der Waals surface area contributed by atoms with Crippen LogP contribution in [0.3, 0.4) is 0 Å². The van der Waals surface area contributed by atoms with E-state index in [1.807, 2.05) is 79.9 Å². The molecule has 0 spiro atoms. The van der Waals surface area contributed by atoms with Crippen LogP contribution in [-0.4, -0.2) is 30.6 Å². The minimum Gasteiger partial charge on any atom is -0.497 e. The van der Waals surface area contributed by atoms with Crippen molar-refractivity contribution in [3.8, 4) is 5.75 Å². The fraction of sp³-hybridized carbons (Fsp3) is 0.214. The predicted molar refractivity (Wildman–Crippen MR) is 137 cm³/mol. The summed E-state index contributed by atoms with van der Waals surface area (Å²) in [5.41, 5.74) is 10.5. The molecule has 1 aromatic heterocycles. The molecule has 3 amide bonds. The van der Waals surface area contributed by atoms with Crippen LogP contribution in [0.1, 0.15) is 40.6 Å². The van der Waals surface area contributed by atoms with E-state index in [4.69, 9.17) is 10.5 Å². The molecule has 7 heteroatoms. The number of aryl methyl sites for hydroxylation is 1. The third kappa shape index (κ3) is 5.81. The van der Waals surface area contributed by atoms with Crippen molar-refractivity contribution in [2.75, 3.05) is 13.7 Å². The van der Waals surface area contributed by atoms with Gasteiger partial charge in [0.2, 0.25) is 5.91 Å². The number of carbonyl (C=O) groups excluding carboxylic acids is 2. The van der Waals surface area contributed by atoms with Crippen LogP contribution >= 0.6 is 0 Å². The van der Waals surface area contributed by atoms with Gasteiger partial charge in [0.15, 0.2) is 0 Å². The monoisotopic (exact) mass is 470 g/mol. The molecule has 3 aromatic carbocycles. The lowest BCUT2D eigenvalue weighted by molar-refractivity contribution is -0.121. The largest absolute Gasteiger partial charge is 0.497 e. The van der Waals surface area contributed by atoms with Gasteiger partial charge in [-0.2, -0.15) is 0 Å². The maximum atomic E-state index is 13.0. The number of amides is 3. The average molecular weight is 471 g/mol. The third-order valence-electron chi connectivity index (χ3n) is 6.17. The molecule has 0 aliphatic carbocycles. The van der Waals surface area contributed by atoms with Crippen LogP contribution in [0.25, 0.3) is 10.9 Å². The maximum absolute atomic E-state index is 13.0. The summed E-state index contributed by atoms with van der Waals surface area (Å²) in [7, 11) is 1.64. The number of ether oxygens (including phenoxy) is 1. The zero-order chi connectivity index (χ0) is 24.8. The second-order valence-corrected chi connectivity index (χ2v) is 8.60. The normalized spacial score (nSPS) is 12.6. The number of aromatic nitrogens is 1. The van der Waals surface area contributed by atoms with Crippen molar-refractivity contribution in [2.45, 2.75) is 25.3 Å². The molecular weight excluding hydrogens is 440 g/mol. The summed E-state index contributed by atoms with van der Waals surface area (Å²) >= 11 is 0. The Morgan fingerprint density at radius 3 is 2.49 bits per heavy atom. The van der Waals surface area contributed by atoms with Gasteiger partial charge in [-0.15, -0.1) is 0 Å². The molecule has 0 radical (unpaired) electrons. The number of hydrogen-bond acceptors (Lipinski definition) is 3. The number of hydrogen-bond donors (Lipinski definition) is 4. The van der Waals surface area contributed by atoms with Gasteiger partial charge in [-0.25, -0.2) is 4.79 Å². The Hall–Kier alpha value is -4.26. The zero-order valence-electron chi connectivity index (χ0n) is 19.9. The Labute approximate surface area is 204 Å². The predicted octanol–water partition coefficient (Wildman–Crippen LogP) is 4.53. The van der Waals surface area contributed by atoms with Crippen LogP contribution in [0.2, 0.25) is 0 Å². The fourth-order valence-electron chi connectivity index (χ4n) is 4.41. The maximum Gasteiger partial charge on any atom is 0.312 e. The van der Waals surface area contributed by atoms with Crippen LogP contribution in [0, 0.1) is 6.92 Å². The number of primary amides is 1. The van der Waals surface area contributed by atoms with Crippen molar-refractivity contribution in [1.82, 2.24) is 15.6 Å². The van der Waals surface area contributed by atoms with E-state index in [0.717, 1.165) is 38.9 Å². The van der Waals surface area contributed by atoms with Crippen LogP contribution in [0.15, 0.2) is 79.0 Å². The molecule has 4 aromatic rings. The van der Waals surface area contributed by atoms with Gasteiger partial charge in [-0.05, 0) is 41.8 Å². The minimum absolute atomic E-state index is 0.0790. The van der Waals surface area contributed by atoms with Crippen molar-refractivity contribution in [3.05, 3.63) is 101 Å². The Morgan fingerprint density at radius 2 is 1.77 bits per heavy atom. The zero-order valence-corrected chi connectivity index (χ0v) is 19.9. The first-order valence-corrected chi connectivity index (χ1v) is 11.5. The second kappa shape index (κ2) is 10.8.